The highest BCUT2D eigenvalue weighted by atomic mass is 32.2. The van der Waals surface area contributed by atoms with Crippen LogP contribution in [-0.2, 0) is 19.1 Å². The maximum Gasteiger partial charge on any atom is 0.310 e. The lowest BCUT2D eigenvalue weighted by Crippen LogP contribution is -2.59. The van der Waals surface area contributed by atoms with E-state index in [9.17, 15) is 19.5 Å². The van der Waals surface area contributed by atoms with E-state index in [1.165, 1.54) is 0 Å². The van der Waals surface area contributed by atoms with Gasteiger partial charge in [-0.1, -0.05) is 45.8 Å². The molecule has 36 heavy (non-hydrogen) atoms. The highest BCUT2D eigenvalue weighted by molar-refractivity contribution is 8.02. The van der Waals surface area contributed by atoms with Crippen molar-refractivity contribution >= 4 is 29.5 Å². The number of allylic oxidation sites excluding steroid dienone is 1. The van der Waals surface area contributed by atoms with Gasteiger partial charge in [-0.25, -0.2) is 0 Å². The third-order valence-corrected chi connectivity index (χ3v) is 10.3. The van der Waals surface area contributed by atoms with E-state index in [4.69, 9.17) is 4.74 Å². The lowest BCUT2D eigenvalue weighted by molar-refractivity contribution is -0.155. The SMILES string of the molecule is C=CCCCOC(=O)[C@@H]1[C@H]2C(=O)N([C@@H](CC)CO)C(C(=O)N(CC=C)CCCCC)C23S[C@@H]1CC3C. The summed E-state index contributed by atoms with van der Waals surface area (Å²) in [6.07, 6.45) is 9.23. The number of amides is 2. The first-order valence-electron chi connectivity index (χ1n) is 13.6. The Kier molecular flexibility index (Phi) is 10.1. The van der Waals surface area contributed by atoms with Crippen molar-refractivity contribution in [2.75, 3.05) is 26.3 Å². The number of likely N-dealkylation sites (tertiary alicyclic amines) is 1. The monoisotopic (exact) mass is 520 g/mol. The third kappa shape index (κ3) is 5.00. The van der Waals surface area contributed by atoms with Gasteiger partial charge in [0.15, 0.2) is 0 Å². The number of carbonyl (C=O) groups excluding carboxylic acids is 3. The summed E-state index contributed by atoms with van der Waals surface area (Å²) < 4.78 is 4.94. The standard InChI is InChI=1S/C28H44N2O5S/c1-6-10-12-15-29(14-8-3)26(33)24-28-19(5)17-21(36-28)22(27(34)35-16-13-11-7-2)23(28)25(32)30(24)20(9-4)18-31/h7-8,19-24,31H,2-3,6,9-18H2,1,4-5H3/t19?,20-,21+,22-,23-,24?,28?/m0/s1. The van der Waals surface area contributed by atoms with Gasteiger partial charge in [0.2, 0.25) is 11.8 Å². The zero-order valence-electron chi connectivity index (χ0n) is 22.2. The van der Waals surface area contributed by atoms with Crippen molar-refractivity contribution in [3.8, 4) is 0 Å². The van der Waals surface area contributed by atoms with Gasteiger partial charge in [0.05, 0.1) is 35.8 Å². The van der Waals surface area contributed by atoms with E-state index in [1.54, 1.807) is 28.8 Å². The minimum absolute atomic E-state index is 0.0412. The Morgan fingerprint density at radius 3 is 2.64 bits per heavy atom. The molecule has 0 aromatic rings. The van der Waals surface area contributed by atoms with Crippen molar-refractivity contribution in [3.05, 3.63) is 25.3 Å². The Bertz CT molecular complexity index is 831. The van der Waals surface area contributed by atoms with Crippen LogP contribution in [0.25, 0.3) is 0 Å². The van der Waals surface area contributed by atoms with Crippen molar-refractivity contribution in [1.29, 1.82) is 0 Å². The summed E-state index contributed by atoms with van der Waals surface area (Å²) in [6.45, 7) is 14.8. The summed E-state index contributed by atoms with van der Waals surface area (Å²) >= 11 is 1.65. The van der Waals surface area contributed by atoms with Crippen molar-refractivity contribution in [3.63, 3.8) is 0 Å². The molecule has 2 bridgehead atoms. The maximum atomic E-state index is 14.3. The summed E-state index contributed by atoms with van der Waals surface area (Å²) in [4.78, 5) is 45.2. The summed E-state index contributed by atoms with van der Waals surface area (Å²) in [5.74, 6) is -1.70. The second-order valence-electron chi connectivity index (χ2n) is 10.4. The molecule has 0 aliphatic carbocycles. The molecule has 3 unspecified atom stereocenters. The summed E-state index contributed by atoms with van der Waals surface area (Å²) in [7, 11) is 0. The lowest BCUT2D eigenvalue weighted by atomic mass is 9.66. The van der Waals surface area contributed by atoms with Gasteiger partial charge in [-0.05, 0) is 38.0 Å². The normalized spacial score (nSPS) is 31.3. The lowest BCUT2D eigenvalue weighted by Gasteiger charge is -2.42. The molecule has 1 spiro atoms. The van der Waals surface area contributed by atoms with Gasteiger partial charge < -0.3 is 19.6 Å². The van der Waals surface area contributed by atoms with Crippen LogP contribution in [0.4, 0.5) is 0 Å². The van der Waals surface area contributed by atoms with Crippen LogP contribution in [0.2, 0.25) is 0 Å². The van der Waals surface area contributed by atoms with Gasteiger partial charge in [0.25, 0.3) is 0 Å². The number of esters is 1. The van der Waals surface area contributed by atoms with Crippen molar-refractivity contribution in [2.24, 2.45) is 17.8 Å². The van der Waals surface area contributed by atoms with Gasteiger partial charge in [0.1, 0.15) is 6.04 Å². The molecule has 202 valence electrons. The Labute approximate surface area is 220 Å². The van der Waals surface area contributed by atoms with Crippen LogP contribution in [0.5, 0.6) is 0 Å². The highest BCUT2D eigenvalue weighted by Crippen LogP contribution is 2.69. The van der Waals surface area contributed by atoms with Crippen LogP contribution in [0.3, 0.4) is 0 Å². The molecule has 7 nitrogen and oxygen atoms in total. The fraction of sp³-hybridized carbons (Fsp3) is 0.750. The molecule has 3 rings (SSSR count). The number of aliphatic hydroxyl groups excluding tert-OH is 1. The fourth-order valence-corrected chi connectivity index (χ4v) is 8.87. The topological polar surface area (TPSA) is 87.1 Å². The van der Waals surface area contributed by atoms with E-state index in [-0.39, 0.29) is 35.6 Å². The zero-order chi connectivity index (χ0) is 26.5. The molecule has 0 aromatic carbocycles. The van der Waals surface area contributed by atoms with E-state index in [1.807, 2.05) is 11.8 Å². The van der Waals surface area contributed by atoms with Crippen LogP contribution < -0.4 is 0 Å². The molecule has 3 aliphatic rings. The minimum atomic E-state index is -0.711. The molecule has 3 fully saturated rings. The number of nitrogens with zero attached hydrogens (tertiary/aromatic N) is 2. The van der Waals surface area contributed by atoms with E-state index in [0.29, 0.717) is 32.5 Å². The molecule has 0 radical (unpaired) electrons. The number of carbonyl (C=O) groups is 3. The van der Waals surface area contributed by atoms with E-state index >= 15 is 0 Å². The molecular formula is C28H44N2O5S. The molecule has 3 heterocycles. The first-order chi connectivity index (χ1) is 17.3. The number of unbranched alkanes of at least 4 members (excludes halogenated alkanes) is 3. The molecule has 2 amide bonds. The van der Waals surface area contributed by atoms with E-state index in [0.717, 1.165) is 32.1 Å². The second kappa shape index (κ2) is 12.6. The van der Waals surface area contributed by atoms with Crippen molar-refractivity contribution < 1.29 is 24.2 Å². The summed E-state index contributed by atoms with van der Waals surface area (Å²) in [6, 6.07) is -1.18. The van der Waals surface area contributed by atoms with Gasteiger partial charge in [-0.3, -0.25) is 14.4 Å². The quantitative estimate of drug-likeness (QED) is 0.201. The molecule has 8 heteroatoms. The number of aliphatic hydroxyl groups is 1. The minimum Gasteiger partial charge on any atom is -0.465 e. The van der Waals surface area contributed by atoms with Crippen LogP contribution in [0.15, 0.2) is 25.3 Å². The largest absolute Gasteiger partial charge is 0.465 e. The van der Waals surface area contributed by atoms with Gasteiger partial charge >= 0.3 is 5.97 Å². The van der Waals surface area contributed by atoms with Gasteiger partial charge in [-0.15, -0.1) is 24.9 Å². The molecule has 0 saturated carbocycles. The first-order valence-corrected chi connectivity index (χ1v) is 14.5. The summed E-state index contributed by atoms with van der Waals surface area (Å²) in [5.41, 5.74) is 0. The fourth-order valence-electron chi connectivity index (χ4n) is 6.48. The molecule has 7 atom stereocenters. The van der Waals surface area contributed by atoms with E-state index in [2.05, 4.69) is 27.0 Å². The molecule has 3 saturated heterocycles. The van der Waals surface area contributed by atoms with E-state index < -0.39 is 28.7 Å². The highest BCUT2D eigenvalue weighted by Gasteiger charge is 2.77. The average molecular weight is 521 g/mol. The Morgan fingerprint density at radius 1 is 1.28 bits per heavy atom. The summed E-state index contributed by atoms with van der Waals surface area (Å²) in [5, 5.41) is 10.2. The Morgan fingerprint density at radius 2 is 2.03 bits per heavy atom. The third-order valence-electron chi connectivity index (χ3n) is 8.25. The smallest absolute Gasteiger partial charge is 0.310 e. The predicted octanol–water partition coefficient (Wildman–Crippen LogP) is 3.81. The second-order valence-corrected chi connectivity index (χ2v) is 12.0. The number of hydrogen-bond donors (Lipinski definition) is 1. The maximum absolute atomic E-state index is 14.3. The van der Waals surface area contributed by atoms with Gasteiger partial charge in [0, 0.05) is 18.3 Å². The van der Waals surface area contributed by atoms with Crippen LogP contribution in [-0.4, -0.2) is 81.1 Å². The molecular weight excluding hydrogens is 476 g/mol. The predicted molar refractivity (Wildman–Crippen MR) is 143 cm³/mol. The molecule has 1 N–H and O–H groups in total. The number of hydrogen-bond acceptors (Lipinski definition) is 6. The number of fused-ring (bicyclic) bond motifs is 1. The molecule has 0 aromatic heterocycles. The van der Waals surface area contributed by atoms with Gasteiger partial charge in [-0.2, -0.15) is 0 Å². The Balaban J connectivity index is 1.99. The van der Waals surface area contributed by atoms with Crippen LogP contribution >= 0.6 is 11.8 Å². The molecule has 3 aliphatic heterocycles. The zero-order valence-corrected chi connectivity index (χ0v) is 23.0. The number of ether oxygens (including phenoxy) is 1. The first kappa shape index (κ1) is 28.8. The van der Waals surface area contributed by atoms with Crippen molar-refractivity contribution in [2.45, 2.75) is 87.8 Å². The average Bonchev–Trinajstić information content (AvgIpc) is 3.46. The van der Waals surface area contributed by atoms with Crippen LogP contribution in [0.1, 0.15) is 65.7 Å². The number of rotatable bonds is 15. The van der Waals surface area contributed by atoms with Crippen molar-refractivity contribution in [1.82, 2.24) is 9.80 Å². The van der Waals surface area contributed by atoms with Crippen LogP contribution in [0, 0.1) is 17.8 Å². The Hall–Kier alpha value is -1.80. The number of thioether (sulfide) groups is 1.